The molecule has 5 heteroatoms. The van der Waals surface area contributed by atoms with Crippen LogP contribution < -0.4 is 10.6 Å². The minimum Gasteiger partial charge on any atom is -0.397 e. The summed E-state index contributed by atoms with van der Waals surface area (Å²) >= 11 is 0. The van der Waals surface area contributed by atoms with Crippen LogP contribution in [0.1, 0.15) is 18.9 Å². The van der Waals surface area contributed by atoms with E-state index in [1.165, 1.54) is 6.07 Å². The molecule has 88 valence electrons. The fourth-order valence-corrected chi connectivity index (χ4v) is 1.84. The van der Waals surface area contributed by atoms with E-state index in [4.69, 9.17) is 5.73 Å². The van der Waals surface area contributed by atoms with E-state index in [1.807, 2.05) is 11.8 Å². The predicted octanol–water partition coefficient (Wildman–Crippen LogP) is 2.89. The maximum Gasteiger partial charge on any atom is 0.416 e. The van der Waals surface area contributed by atoms with Gasteiger partial charge in [0.05, 0.1) is 16.9 Å². The van der Waals surface area contributed by atoms with Crippen LogP contribution in [0.3, 0.4) is 0 Å². The monoisotopic (exact) mass is 230 g/mol. The van der Waals surface area contributed by atoms with Gasteiger partial charge in [0, 0.05) is 12.6 Å². The number of alkyl halides is 3. The minimum atomic E-state index is -4.31. The SMILES string of the molecule is CC1CCN1c1cc(C(F)(F)F)ccc1N. The number of hydrogen-bond acceptors (Lipinski definition) is 2. The zero-order valence-corrected chi connectivity index (χ0v) is 8.88. The van der Waals surface area contributed by atoms with Crippen molar-refractivity contribution in [3.8, 4) is 0 Å². The third kappa shape index (κ3) is 1.81. The molecule has 1 saturated heterocycles. The maximum absolute atomic E-state index is 12.5. The van der Waals surface area contributed by atoms with Crippen molar-refractivity contribution < 1.29 is 13.2 Å². The molecular formula is C11H13F3N2. The van der Waals surface area contributed by atoms with Gasteiger partial charge in [-0.05, 0) is 31.5 Å². The molecule has 1 fully saturated rings. The van der Waals surface area contributed by atoms with E-state index in [-0.39, 0.29) is 6.04 Å². The zero-order chi connectivity index (χ0) is 11.9. The standard InChI is InChI=1S/C11H13F3N2/c1-7-4-5-16(7)10-6-8(11(12,13)14)2-3-9(10)15/h2-3,6-7H,4-5,15H2,1H3. The molecular weight excluding hydrogens is 217 g/mol. The molecule has 1 unspecified atom stereocenters. The van der Waals surface area contributed by atoms with Gasteiger partial charge in [-0.2, -0.15) is 13.2 Å². The molecule has 2 nitrogen and oxygen atoms in total. The number of halogens is 3. The van der Waals surface area contributed by atoms with Crippen LogP contribution in [0, 0.1) is 0 Å². The van der Waals surface area contributed by atoms with E-state index in [9.17, 15) is 13.2 Å². The Balaban J connectivity index is 2.37. The van der Waals surface area contributed by atoms with Crippen molar-refractivity contribution in [3.63, 3.8) is 0 Å². The molecule has 2 rings (SSSR count). The summed E-state index contributed by atoms with van der Waals surface area (Å²) in [6.07, 6.45) is -3.31. The molecule has 1 aliphatic heterocycles. The summed E-state index contributed by atoms with van der Waals surface area (Å²) in [6.45, 7) is 2.75. The van der Waals surface area contributed by atoms with E-state index < -0.39 is 11.7 Å². The zero-order valence-electron chi connectivity index (χ0n) is 8.88. The third-order valence-corrected chi connectivity index (χ3v) is 2.99. The third-order valence-electron chi connectivity index (χ3n) is 2.99. The Kier molecular flexibility index (Phi) is 2.48. The Hall–Kier alpha value is -1.39. The van der Waals surface area contributed by atoms with Crippen molar-refractivity contribution in [2.24, 2.45) is 0 Å². The summed E-state index contributed by atoms with van der Waals surface area (Å²) in [4.78, 5) is 1.89. The summed E-state index contributed by atoms with van der Waals surface area (Å²) in [5.41, 5.74) is 5.95. The quantitative estimate of drug-likeness (QED) is 0.751. The summed E-state index contributed by atoms with van der Waals surface area (Å²) in [6, 6.07) is 3.74. The molecule has 0 amide bonds. The topological polar surface area (TPSA) is 29.3 Å². The van der Waals surface area contributed by atoms with Crippen LogP contribution in [0.4, 0.5) is 24.5 Å². The molecule has 0 aliphatic carbocycles. The number of benzene rings is 1. The molecule has 1 aromatic carbocycles. The van der Waals surface area contributed by atoms with Crippen molar-refractivity contribution >= 4 is 11.4 Å². The van der Waals surface area contributed by atoms with E-state index in [0.717, 1.165) is 25.1 Å². The van der Waals surface area contributed by atoms with E-state index in [1.54, 1.807) is 0 Å². The molecule has 1 heterocycles. The second-order valence-electron chi connectivity index (χ2n) is 4.10. The highest BCUT2D eigenvalue weighted by atomic mass is 19.4. The number of anilines is 2. The largest absolute Gasteiger partial charge is 0.416 e. The van der Waals surface area contributed by atoms with Gasteiger partial charge in [-0.25, -0.2) is 0 Å². The van der Waals surface area contributed by atoms with Gasteiger partial charge in [0.25, 0.3) is 0 Å². The molecule has 0 saturated carbocycles. The molecule has 0 aromatic heterocycles. The lowest BCUT2D eigenvalue weighted by Gasteiger charge is -2.41. The number of hydrogen-bond donors (Lipinski definition) is 1. The average molecular weight is 230 g/mol. The normalized spacial score (nSPS) is 20.8. The van der Waals surface area contributed by atoms with Crippen LogP contribution >= 0.6 is 0 Å². The van der Waals surface area contributed by atoms with Crippen molar-refractivity contribution in [2.75, 3.05) is 17.2 Å². The number of nitrogens with zero attached hydrogens (tertiary/aromatic N) is 1. The minimum absolute atomic E-state index is 0.269. The molecule has 1 aliphatic rings. The molecule has 2 N–H and O–H groups in total. The van der Waals surface area contributed by atoms with Gasteiger partial charge >= 0.3 is 6.18 Å². The van der Waals surface area contributed by atoms with Gasteiger partial charge in [0.1, 0.15) is 0 Å². The van der Waals surface area contributed by atoms with Crippen LogP contribution in [0.2, 0.25) is 0 Å². The van der Waals surface area contributed by atoms with Gasteiger partial charge in [0.2, 0.25) is 0 Å². The van der Waals surface area contributed by atoms with Gasteiger partial charge < -0.3 is 10.6 Å². The first-order valence-corrected chi connectivity index (χ1v) is 5.13. The van der Waals surface area contributed by atoms with E-state index in [2.05, 4.69) is 0 Å². The second-order valence-corrected chi connectivity index (χ2v) is 4.10. The summed E-state index contributed by atoms with van der Waals surface area (Å²) in [5.74, 6) is 0. The molecule has 1 aromatic rings. The Bertz CT molecular complexity index is 401. The van der Waals surface area contributed by atoms with Gasteiger partial charge in [-0.15, -0.1) is 0 Å². The fourth-order valence-electron chi connectivity index (χ4n) is 1.84. The highest BCUT2D eigenvalue weighted by Gasteiger charge is 2.33. The molecule has 1 atom stereocenters. The Morgan fingerprint density at radius 3 is 2.50 bits per heavy atom. The lowest BCUT2D eigenvalue weighted by molar-refractivity contribution is -0.137. The first kappa shape index (κ1) is 11.1. The number of rotatable bonds is 1. The van der Waals surface area contributed by atoms with Crippen molar-refractivity contribution in [2.45, 2.75) is 25.6 Å². The molecule has 0 radical (unpaired) electrons. The summed E-state index contributed by atoms with van der Waals surface area (Å²) in [5, 5.41) is 0. The van der Waals surface area contributed by atoms with Gasteiger partial charge in [-0.3, -0.25) is 0 Å². The van der Waals surface area contributed by atoms with Crippen LogP contribution in [0.15, 0.2) is 18.2 Å². The molecule has 0 bridgehead atoms. The van der Waals surface area contributed by atoms with Crippen LogP contribution in [0.25, 0.3) is 0 Å². The van der Waals surface area contributed by atoms with Gasteiger partial charge in [0.15, 0.2) is 0 Å². The first-order chi connectivity index (χ1) is 7.39. The van der Waals surface area contributed by atoms with Crippen molar-refractivity contribution in [3.05, 3.63) is 23.8 Å². The average Bonchev–Trinajstić information content (AvgIpc) is 2.17. The smallest absolute Gasteiger partial charge is 0.397 e. The summed E-state index contributed by atoms with van der Waals surface area (Å²) < 4.78 is 37.6. The van der Waals surface area contributed by atoms with Crippen LogP contribution in [0.5, 0.6) is 0 Å². The number of nitrogens with two attached hydrogens (primary N) is 1. The lowest BCUT2D eigenvalue weighted by Crippen LogP contribution is -2.46. The Morgan fingerprint density at radius 2 is 2.06 bits per heavy atom. The van der Waals surface area contributed by atoms with Crippen molar-refractivity contribution in [1.82, 2.24) is 0 Å². The first-order valence-electron chi connectivity index (χ1n) is 5.13. The van der Waals surface area contributed by atoms with E-state index in [0.29, 0.717) is 11.4 Å². The lowest BCUT2D eigenvalue weighted by atomic mass is 10.0. The summed E-state index contributed by atoms with van der Waals surface area (Å²) in [7, 11) is 0. The highest BCUT2D eigenvalue weighted by molar-refractivity contribution is 5.70. The van der Waals surface area contributed by atoms with E-state index >= 15 is 0 Å². The maximum atomic E-state index is 12.5. The van der Waals surface area contributed by atoms with Crippen LogP contribution in [-0.2, 0) is 6.18 Å². The second kappa shape index (κ2) is 3.57. The van der Waals surface area contributed by atoms with Crippen LogP contribution in [-0.4, -0.2) is 12.6 Å². The van der Waals surface area contributed by atoms with Gasteiger partial charge in [-0.1, -0.05) is 0 Å². The predicted molar refractivity (Wildman–Crippen MR) is 57.3 cm³/mol. The Morgan fingerprint density at radius 1 is 1.38 bits per heavy atom. The molecule has 0 spiro atoms. The molecule has 16 heavy (non-hydrogen) atoms. The number of nitrogen functional groups attached to an aromatic ring is 1. The van der Waals surface area contributed by atoms with Crippen molar-refractivity contribution in [1.29, 1.82) is 0 Å². The fraction of sp³-hybridized carbons (Fsp3) is 0.455. The Labute approximate surface area is 91.8 Å². The highest BCUT2D eigenvalue weighted by Crippen LogP contribution is 2.37.